The van der Waals surface area contributed by atoms with Crippen molar-refractivity contribution in [3.63, 3.8) is 0 Å². The summed E-state index contributed by atoms with van der Waals surface area (Å²) in [6.45, 7) is 3.46. The van der Waals surface area contributed by atoms with Crippen LogP contribution >= 0.6 is 11.6 Å². The molecule has 0 aromatic heterocycles. The van der Waals surface area contributed by atoms with Crippen molar-refractivity contribution in [3.05, 3.63) is 34.9 Å². The quantitative estimate of drug-likeness (QED) is 0.869. The van der Waals surface area contributed by atoms with Gasteiger partial charge in [-0.3, -0.25) is 4.90 Å². The summed E-state index contributed by atoms with van der Waals surface area (Å²) in [5, 5.41) is 10.3. The molecule has 104 valence electrons. The molecule has 1 aromatic rings. The van der Waals surface area contributed by atoms with Crippen LogP contribution in [-0.2, 0) is 11.3 Å². The van der Waals surface area contributed by atoms with E-state index in [9.17, 15) is 5.11 Å². The highest BCUT2D eigenvalue weighted by Gasteiger charge is 2.42. The zero-order valence-corrected chi connectivity index (χ0v) is 11.8. The predicted molar refractivity (Wildman–Crippen MR) is 75.2 cm³/mol. The van der Waals surface area contributed by atoms with Crippen LogP contribution in [0, 0.1) is 5.41 Å². The van der Waals surface area contributed by atoms with Crippen LogP contribution < -0.4 is 0 Å². The van der Waals surface area contributed by atoms with Crippen LogP contribution in [0.25, 0.3) is 0 Å². The van der Waals surface area contributed by atoms with Crippen LogP contribution in [0.5, 0.6) is 0 Å². The average Bonchev–Trinajstić information content (AvgIpc) is 3.19. The molecule has 0 spiro atoms. The highest BCUT2D eigenvalue weighted by molar-refractivity contribution is 6.30. The van der Waals surface area contributed by atoms with Crippen molar-refractivity contribution >= 4 is 11.6 Å². The highest BCUT2D eigenvalue weighted by atomic mass is 35.5. The number of halogens is 1. The van der Waals surface area contributed by atoms with Crippen molar-refractivity contribution in [3.8, 4) is 0 Å². The summed E-state index contributed by atoms with van der Waals surface area (Å²) in [6.07, 6.45) is 2.55. The summed E-state index contributed by atoms with van der Waals surface area (Å²) < 4.78 is 5.29. The summed E-state index contributed by atoms with van der Waals surface area (Å²) in [7, 11) is 0. The lowest BCUT2D eigenvalue weighted by Gasteiger charge is -2.43. The lowest BCUT2D eigenvalue weighted by molar-refractivity contribution is -0.150. The fraction of sp³-hybridized carbons (Fsp3) is 0.600. The molecule has 0 atom stereocenters. The number of rotatable bonds is 6. The second kappa shape index (κ2) is 5.41. The second-order valence-electron chi connectivity index (χ2n) is 5.91. The van der Waals surface area contributed by atoms with Crippen LogP contribution in [0.2, 0.25) is 5.02 Å². The third kappa shape index (κ3) is 3.11. The van der Waals surface area contributed by atoms with Gasteiger partial charge in [-0.1, -0.05) is 23.7 Å². The highest BCUT2D eigenvalue weighted by Crippen LogP contribution is 2.35. The monoisotopic (exact) mass is 281 g/mol. The minimum Gasteiger partial charge on any atom is -0.396 e. The molecule has 0 unspecified atom stereocenters. The topological polar surface area (TPSA) is 32.7 Å². The van der Waals surface area contributed by atoms with Gasteiger partial charge in [-0.15, -0.1) is 0 Å². The van der Waals surface area contributed by atoms with Gasteiger partial charge in [0.05, 0.1) is 25.2 Å². The largest absolute Gasteiger partial charge is 0.396 e. The van der Waals surface area contributed by atoms with E-state index in [1.54, 1.807) is 0 Å². The summed E-state index contributed by atoms with van der Waals surface area (Å²) in [5.74, 6) is 0. The molecule has 2 aliphatic rings. The average molecular weight is 282 g/mol. The number of aliphatic hydroxyl groups is 1. The number of nitrogens with zero attached hydrogens (tertiary/aromatic N) is 1. The molecule has 4 heteroatoms. The van der Waals surface area contributed by atoms with E-state index in [1.807, 2.05) is 12.1 Å². The summed E-state index contributed by atoms with van der Waals surface area (Å²) in [5.41, 5.74) is 1.25. The molecule has 1 aromatic carbocycles. The first-order valence-corrected chi connectivity index (χ1v) is 7.26. The van der Waals surface area contributed by atoms with Crippen molar-refractivity contribution in [2.24, 2.45) is 5.41 Å². The lowest BCUT2D eigenvalue weighted by Crippen LogP contribution is -2.53. The van der Waals surface area contributed by atoms with E-state index in [-0.39, 0.29) is 12.0 Å². The SMILES string of the molecule is OCC1(CN(Cc2ccc(Cl)cc2)C2CC2)COC1. The number of hydrogen-bond donors (Lipinski definition) is 1. The van der Waals surface area contributed by atoms with Gasteiger partial charge < -0.3 is 9.84 Å². The molecule has 3 nitrogen and oxygen atoms in total. The lowest BCUT2D eigenvalue weighted by atomic mass is 9.86. The zero-order chi connectivity index (χ0) is 13.3. The van der Waals surface area contributed by atoms with Crippen LogP contribution in [0.3, 0.4) is 0 Å². The molecule has 0 radical (unpaired) electrons. The Hall–Kier alpha value is -0.610. The number of benzene rings is 1. The molecule has 0 bridgehead atoms. The van der Waals surface area contributed by atoms with Gasteiger partial charge >= 0.3 is 0 Å². The van der Waals surface area contributed by atoms with Crippen LogP contribution in [-0.4, -0.2) is 42.4 Å². The molecule has 19 heavy (non-hydrogen) atoms. The minimum atomic E-state index is -0.0327. The third-order valence-corrected chi connectivity index (χ3v) is 4.30. The summed E-state index contributed by atoms with van der Waals surface area (Å²) in [4.78, 5) is 2.49. The van der Waals surface area contributed by atoms with Crippen LogP contribution in [0.15, 0.2) is 24.3 Å². The molecule has 3 rings (SSSR count). The standard InChI is InChI=1S/C15H20ClNO2/c16-13-3-1-12(2-4-13)7-17(14-5-6-14)8-15(9-18)10-19-11-15/h1-4,14,18H,5-11H2. The summed E-state index contributed by atoms with van der Waals surface area (Å²) in [6, 6.07) is 8.73. The minimum absolute atomic E-state index is 0.0327. The first-order chi connectivity index (χ1) is 9.21. The Morgan fingerprint density at radius 2 is 1.95 bits per heavy atom. The van der Waals surface area contributed by atoms with Gasteiger partial charge in [0.2, 0.25) is 0 Å². The fourth-order valence-corrected chi connectivity index (χ4v) is 2.76. The van der Waals surface area contributed by atoms with Crippen LogP contribution in [0.4, 0.5) is 0 Å². The molecule has 1 N–H and O–H groups in total. The Morgan fingerprint density at radius 3 is 2.42 bits per heavy atom. The normalized spacial score (nSPS) is 21.4. The van der Waals surface area contributed by atoms with Gasteiger partial charge in [0, 0.05) is 24.2 Å². The molecule has 0 amide bonds. The molecule has 2 fully saturated rings. The smallest absolute Gasteiger partial charge is 0.0579 e. The molecule has 1 aliphatic heterocycles. The maximum atomic E-state index is 9.57. The molecular weight excluding hydrogens is 262 g/mol. The van der Waals surface area contributed by atoms with E-state index >= 15 is 0 Å². The zero-order valence-electron chi connectivity index (χ0n) is 11.0. The molecule has 1 heterocycles. The Bertz CT molecular complexity index is 421. The predicted octanol–water partition coefficient (Wildman–Crippen LogP) is 2.31. The van der Waals surface area contributed by atoms with E-state index < -0.39 is 0 Å². The van der Waals surface area contributed by atoms with E-state index in [1.165, 1.54) is 18.4 Å². The first-order valence-electron chi connectivity index (χ1n) is 6.88. The van der Waals surface area contributed by atoms with E-state index in [4.69, 9.17) is 16.3 Å². The van der Waals surface area contributed by atoms with Crippen molar-refractivity contribution in [2.75, 3.05) is 26.4 Å². The van der Waals surface area contributed by atoms with Gasteiger partial charge in [0.25, 0.3) is 0 Å². The molecular formula is C15H20ClNO2. The fourth-order valence-electron chi connectivity index (χ4n) is 2.63. The molecule has 1 saturated heterocycles. The number of hydrogen-bond acceptors (Lipinski definition) is 3. The van der Waals surface area contributed by atoms with Crippen molar-refractivity contribution in [1.29, 1.82) is 0 Å². The molecule has 1 aliphatic carbocycles. The van der Waals surface area contributed by atoms with Gasteiger partial charge in [-0.2, -0.15) is 0 Å². The number of aliphatic hydroxyl groups excluding tert-OH is 1. The van der Waals surface area contributed by atoms with E-state index in [0.717, 1.165) is 18.1 Å². The third-order valence-electron chi connectivity index (χ3n) is 4.05. The van der Waals surface area contributed by atoms with Crippen molar-refractivity contribution in [1.82, 2.24) is 4.90 Å². The first kappa shape index (κ1) is 13.4. The van der Waals surface area contributed by atoms with Gasteiger partial charge in [-0.05, 0) is 30.5 Å². The van der Waals surface area contributed by atoms with Crippen LogP contribution in [0.1, 0.15) is 18.4 Å². The van der Waals surface area contributed by atoms with Gasteiger partial charge in [-0.25, -0.2) is 0 Å². The van der Waals surface area contributed by atoms with Gasteiger partial charge in [0.15, 0.2) is 0 Å². The maximum Gasteiger partial charge on any atom is 0.0579 e. The molecule has 1 saturated carbocycles. The van der Waals surface area contributed by atoms with E-state index in [2.05, 4.69) is 17.0 Å². The second-order valence-corrected chi connectivity index (χ2v) is 6.35. The number of ether oxygens (including phenoxy) is 1. The van der Waals surface area contributed by atoms with Crippen molar-refractivity contribution in [2.45, 2.75) is 25.4 Å². The Balaban J connectivity index is 1.66. The van der Waals surface area contributed by atoms with E-state index in [0.29, 0.717) is 19.3 Å². The Labute approximate surface area is 119 Å². The Kier molecular flexibility index (Phi) is 3.81. The maximum absolute atomic E-state index is 9.57. The van der Waals surface area contributed by atoms with Gasteiger partial charge in [0.1, 0.15) is 0 Å². The summed E-state index contributed by atoms with van der Waals surface area (Å²) >= 11 is 5.92. The Morgan fingerprint density at radius 1 is 1.26 bits per heavy atom. The van der Waals surface area contributed by atoms with Crippen molar-refractivity contribution < 1.29 is 9.84 Å².